The van der Waals surface area contributed by atoms with Crippen LogP contribution in [-0.4, -0.2) is 6.61 Å². The van der Waals surface area contributed by atoms with Gasteiger partial charge in [-0.25, -0.2) is 0 Å². The molecule has 0 aromatic heterocycles. The number of anilines is 1. The predicted octanol–water partition coefficient (Wildman–Crippen LogP) is 6.20. The number of ether oxygens (including phenoxy) is 2. The summed E-state index contributed by atoms with van der Waals surface area (Å²) in [6.45, 7) is 10.2. The van der Waals surface area contributed by atoms with Crippen LogP contribution in [0.2, 0.25) is 0 Å². The maximum atomic E-state index is 6.02. The summed E-state index contributed by atoms with van der Waals surface area (Å²) in [6.07, 6.45) is 0. The lowest BCUT2D eigenvalue weighted by atomic mass is 10.1. The molecule has 0 heterocycles. The average molecular weight is 376 g/mol. The van der Waals surface area contributed by atoms with E-state index >= 15 is 0 Å². The van der Waals surface area contributed by atoms with Gasteiger partial charge in [0, 0.05) is 12.2 Å². The minimum Gasteiger partial charge on any atom is -0.490 e. The van der Waals surface area contributed by atoms with Crippen LogP contribution in [0.15, 0.2) is 60.7 Å². The highest BCUT2D eigenvalue weighted by Gasteiger charge is 2.08. The summed E-state index contributed by atoms with van der Waals surface area (Å²) < 4.78 is 11.9. The SMILES string of the molecule is CCOc1cc(CNc2cccc(C)c2C)ccc1OCc1ccc(C)cc1. The van der Waals surface area contributed by atoms with Crippen LogP contribution < -0.4 is 14.8 Å². The summed E-state index contributed by atoms with van der Waals surface area (Å²) in [4.78, 5) is 0. The highest BCUT2D eigenvalue weighted by atomic mass is 16.5. The molecule has 3 aromatic rings. The summed E-state index contributed by atoms with van der Waals surface area (Å²) in [6, 6.07) is 20.9. The first-order valence-electron chi connectivity index (χ1n) is 9.81. The van der Waals surface area contributed by atoms with Crippen LogP contribution in [0.25, 0.3) is 0 Å². The molecule has 0 aliphatic carbocycles. The van der Waals surface area contributed by atoms with E-state index in [1.54, 1.807) is 0 Å². The number of nitrogens with one attached hydrogen (secondary N) is 1. The van der Waals surface area contributed by atoms with Crippen molar-refractivity contribution >= 4 is 5.69 Å². The van der Waals surface area contributed by atoms with Crippen LogP contribution >= 0.6 is 0 Å². The van der Waals surface area contributed by atoms with Crippen LogP contribution in [0.3, 0.4) is 0 Å². The Balaban J connectivity index is 1.69. The Bertz CT molecular complexity index is 916. The molecule has 0 saturated carbocycles. The lowest BCUT2D eigenvalue weighted by Gasteiger charge is -2.15. The second-order valence-corrected chi connectivity index (χ2v) is 7.09. The van der Waals surface area contributed by atoms with Crippen molar-refractivity contribution in [3.05, 3.63) is 88.5 Å². The van der Waals surface area contributed by atoms with Crippen LogP contribution in [-0.2, 0) is 13.2 Å². The Morgan fingerprint density at radius 3 is 2.29 bits per heavy atom. The molecule has 0 aliphatic rings. The van der Waals surface area contributed by atoms with Crippen LogP contribution in [0.4, 0.5) is 5.69 Å². The Hall–Kier alpha value is -2.94. The Kier molecular flexibility index (Phi) is 6.59. The number of aryl methyl sites for hydroxylation is 2. The fraction of sp³-hybridized carbons (Fsp3) is 0.280. The first kappa shape index (κ1) is 19.8. The molecule has 0 unspecified atom stereocenters. The zero-order valence-electron chi connectivity index (χ0n) is 17.2. The first-order valence-corrected chi connectivity index (χ1v) is 9.81. The summed E-state index contributed by atoms with van der Waals surface area (Å²) in [7, 11) is 0. The van der Waals surface area contributed by atoms with E-state index in [-0.39, 0.29) is 0 Å². The van der Waals surface area contributed by atoms with Crippen LogP contribution in [0.1, 0.15) is 34.7 Å². The molecule has 0 aliphatic heterocycles. The fourth-order valence-corrected chi connectivity index (χ4v) is 3.04. The zero-order valence-corrected chi connectivity index (χ0v) is 17.2. The van der Waals surface area contributed by atoms with Crippen LogP contribution in [0, 0.1) is 20.8 Å². The number of hydrogen-bond acceptors (Lipinski definition) is 3. The monoisotopic (exact) mass is 375 g/mol. The van der Waals surface area contributed by atoms with Crippen molar-refractivity contribution in [2.45, 2.75) is 40.8 Å². The lowest BCUT2D eigenvalue weighted by molar-refractivity contribution is 0.269. The molecule has 0 fully saturated rings. The van der Waals surface area contributed by atoms with Crippen molar-refractivity contribution in [1.82, 2.24) is 0 Å². The maximum absolute atomic E-state index is 6.02. The molecular formula is C25H29NO2. The summed E-state index contributed by atoms with van der Waals surface area (Å²) in [5.74, 6) is 1.56. The van der Waals surface area contributed by atoms with Gasteiger partial charge in [-0.1, -0.05) is 48.0 Å². The van der Waals surface area contributed by atoms with Gasteiger partial charge in [0.15, 0.2) is 11.5 Å². The molecule has 3 aromatic carbocycles. The number of rotatable bonds is 8. The Morgan fingerprint density at radius 1 is 0.786 bits per heavy atom. The van der Waals surface area contributed by atoms with Crippen molar-refractivity contribution in [2.24, 2.45) is 0 Å². The quantitative estimate of drug-likeness (QED) is 0.508. The highest BCUT2D eigenvalue weighted by molar-refractivity contribution is 5.54. The van der Waals surface area contributed by atoms with E-state index in [9.17, 15) is 0 Å². The number of hydrogen-bond donors (Lipinski definition) is 1. The van der Waals surface area contributed by atoms with Crippen molar-refractivity contribution < 1.29 is 9.47 Å². The molecule has 0 spiro atoms. The predicted molar refractivity (Wildman–Crippen MR) is 116 cm³/mol. The van der Waals surface area contributed by atoms with Gasteiger partial charge in [0.05, 0.1) is 6.61 Å². The van der Waals surface area contributed by atoms with Gasteiger partial charge in [0.2, 0.25) is 0 Å². The van der Waals surface area contributed by atoms with E-state index in [2.05, 4.69) is 80.7 Å². The van der Waals surface area contributed by atoms with Crippen molar-refractivity contribution in [2.75, 3.05) is 11.9 Å². The first-order chi connectivity index (χ1) is 13.6. The topological polar surface area (TPSA) is 30.5 Å². The summed E-state index contributed by atoms with van der Waals surface area (Å²) in [5, 5.41) is 3.53. The summed E-state index contributed by atoms with van der Waals surface area (Å²) >= 11 is 0. The third-order valence-electron chi connectivity index (χ3n) is 4.91. The van der Waals surface area contributed by atoms with E-state index in [0.717, 1.165) is 34.9 Å². The van der Waals surface area contributed by atoms with Gasteiger partial charge in [-0.05, 0) is 68.1 Å². The van der Waals surface area contributed by atoms with E-state index in [1.165, 1.54) is 16.7 Å². The third kappa shape index (κ3) is 5.07. The van der Waals surface area contributed by atoms with Gasteiger partial charge in [-0.15, -0.1) is 0 Å². The minimum absolute atomic E-state index is 0.528. The lowest BCUT2D eigenvalue weighted by Crippen LogP contribution is -2.04. The standard InChI is InChI=1S/C25H29NO2/c1-5-27-25-15-22(16-26-23-8-6-7-19(3)20(23)4)13-14-24(25)28-17-21-11-9-18(2)10-12-21/h6-15,26H,5,16-17H2,1-4H3. The molecule has 0 radical (unpaired) electrons. The maximum Gasteiger partial charge on any atom is 0.161 e. The zero-order chi connectivity index (χ0) is 19.9. The molecule has 28 heavy (non-hydrogen) atoms. The fourth-order valence-electron chi connectivity index (χ4n) is 3.04. The molecular weight excluding hydrogens is 346 g/mol. The molecule has 0 saturated heterocycles. The van der Waals surface area contributed by atoms with Gasteiger partial charge >= 0.3 is 0 Å². The Labute approximate surface area is 168 Å². The largest absolute Gasteiger partial charge is 0.490 e. The molecule has 0 atom stereocenters. The molecule has 146 valence electrons. The van der Waals surface area contributed by atoms with E-state index in [4.69, 9.17) is 9.47 Å². The van der Waals surface area contributed by atoms with Gasteiger partial charge < -0.3 is 14.8 Å². The van der Waals surface area contributed by atoms with Crippen molar-refractivity contribution in [1.29, 1.82) is 0 Å². The Morgan fingerprint density at radius 2 is 1.54 bits per heavy atom. The van der Waals surface area contributed by atoms with Gasteiger partial charge in [0.1, 0.15) is 6.61 Å². The molecule has 3 heteroatoms. The molecule has 0 amide bonds. The van der Waals surface area contributed by atoms with E-state index < -0.39 is 0 Å². The normalized spacial score (nSPS) is 10.6. The van der Waals surface area contributed by atoms with Crippen LogP contribution in [0.5, 0.6) is 11.5 Å². The molecule has 1 N–H and O–H groups in total. The molecule has 3 rings (SSSR count). The van der Waals surface area contributed by atoms with E-state index in [0.29, 0.717) is 13.2 Å². The molecule has 0 bridgehead atoms. The smallest absolute Gasteiger partial charge is 0.161 e. The molecule has 3 nitrogen and oxygen atoms in total. The third-order valence-corrected chi connectivity index (χ3v) is 4.91. The second kappa shape index (κ2) is 9.32. The van der Waals surface area contributed by atoms with Crippen molar-refractivity contribution in [3.8, 4) is 11.5 Å². The van der Waals surface area contributed by atoms with Crippen molar-refractivity contribution in [3.63, 3.8) is 0 Å². The van der Waals surface area contributed by atoms with Gasteiger partial charge in [0.25, 0.3) is 0 Å². The second-order valence-electron chi connectivity index (χ2n) is 7.09. The van der Waals surface area contributed by atoms with E-state index in [1.807, 2.05) is 13.0 Å². The summed E-state index contributed by atoms with van der Waals surface area (Å²) in [5.41, 5.74) is 7.29. The van der Waals surface area contributed by atoms with Gasteiger partial charge in [-0.3, -0.25) is 0 Å². The minimum atomic E-state index is 0.528. The highest BCUT2D eigenvalue weighted by Crippen LogP contribution is 2.30. The van der Waals surface area contributed by atoms with Gasteiger partial charge in [-0.2, -0.15) is 0 Å². The average Bonchev–Trinajstić information content (AvgIpc) is 2.70. The number of benzene rings is 3.